The molecule has 0 fully saturated rings. The van der Waals surface area contributed by atoms with Gasteiger partial charge in [-0.2, -0.15) is 4.84 Å². The number of benzene rings is 1. The van der Waals surface area contributed by atoms with Gasteiger partial charge < -0.3 is 9.84 Å². The van der Waals surface area contributed by atoms with E-state index >= 15 is 0 Å². The minimum Gasteiger partial charge on any atom is -0.501 e. The van der Waals surface area contributed by atoms with E-state index in [4.69, 9.17) is 9.57 Å². The number of nitrogens with zero attached hydrogens (tertiary/aromatic N) is 1. The van der Waals surface area contributed by atoms with Gasteiger partial charge >= 0.3 is 11.9 Å². The maximum atomic E-state index is 12.0. The van der Waals surface area contributed by atoms with Crippen molar-refractivity contribution in [2.75, 3.05) is 7.11 Å². The SMILES string of the molecule is COC1=C/C(=[N+]2/OC(=O)C(c3ccccc3)=C2O)CCC1. The van der Waals surface area contributed by atoms with Crippen LogP contribution in [0.15, 0.2) is 48.1 Å². The molecule has 0 atom stereocenters. The van der Waals surface area contributed by atoms with Crippen LogP contribution < -0.4 is 0 Å². The van der Waals surface area contributed by atoms with Crippen molar-refractivity contribution in [3.8, 4) is 0 Å². The topological polar surface area (TPSA) is 58.8 Å². The van der Waals surface area contributed by atoms with Crippen molar-refractivity contribution in [2.24, 2.45) is 0 Å². The normalized spacial score (nSPS) is 22.1. The molecule has 0 bridgehead atoms. The molecule has 5 heteroatoms. The van der Waals surface area contributed by atoms with Crippen molar-refractivity contribution in [3.63, 3.8) is 0 Å². The van der Waals surface area contributed by atoms with Crippen molar-refractivity contribution in [1.29, 1.82) is 0 Å². The molecule has 1 aliphatic heterocycles. The van der Waals surface area contributed by atoms with Crippen molar-refractivity contribution in [1.82, 2.24) is 0 Å². The summed E-state index contributed by atoms with van der Waals surface area (Å²) in [7, 11) is 1.61. The summed E-state index contributed by atoms with van der Waals surface area (Å²) in [5.74, 6) is 0.0900. The van der Waals surface area contributed by atoms with Gasteiger partial charge in [-0.15, -0.1) is 0 Å². The Balaban J connectivity index is 2.07. The highest BCUT2D eigenvalue weighted by molar-refractivity contribution is 6.17. The van der Waals surface area contributed by atoms with Gasteiger partial charge in [0, 0.05) is 18.9 Å². The van der Waals surface area contributed by atoms with Gasteiger partial charge in [-0.1, -0.05) is 30.3 Å². The van der Waals surface area contributed by atoms with E-state index in [9.17, 15) is 9.90 Å². The van der Waals surface area contributed by atoms with Gasteiger partial charge in [-0.25, -0.2) is 4.79 Å². The molecule has 1 aromatic carbocycles. The van der Waals surface area contributed by atoms with E-state index in [1.54, 1.807) is 25.3 Å². The second kappa shape index (κ2) is 5.44. The predicted octanol–water partition coefficient (Wildman–Crippen LogP) is 2.55. The lowest BCUT2D eigenvalue weighted by molar-refractivity contribution is -0.732. The van der Waals surface area contributed by atoms with E-state index in [1.807, 2.05) is 18.2 Å². The molecular formula is C16H16NO4+. The summed E-state index contributed by atoms with van der Waals surface area (Å²) in [6, 6.07) is 8.99. The number of methoxy groups -OCH3 is 1. The summed E-state index contributed by atoms with van der Waals surface area (Å²) in [5.41, 5.74) is 1.53. The Hall–Kier alpha value is -2.56. The molecule has 0 saturated heterocycles. The first-order valence-corrected chi connectivity index (χ1v) is 6.82. The molecular weight excluding hydrogens is 270 g/mol. The standard InChI is InChI=1S/C16H15NO4/c1-20-13-9-5-8-12(10-13)17-15(18)14(16(19)21-17)11-6-3-2-4-7-11/h2-4,6-7,10H,5,8-9H2,1H3/p+1/b17-12+. The molecule has 0 unspecified atom stereocenters. The summed E-state index contributed by atoms with van der Waals surface area (Å²) in [6.07, 6.45) is 4.25. The lowest BCUT2D eigenvalue weighted by atomic mass is 10.0. The predicted molar refractivity (Wildman–Crippen MR) is 76.3 cm³/mol. The molecule has 1 heterocycles. The number of ether oxygens (including phenoxy) is 1. The zero-order chi connectivity index (χ0) is 14.8. The summed E-state index contributed by atoms with van der Waals surface area (Å²) in [5, 5.41) is 10.4. The number of aliphatic hydroxyl groups is 1. The molecule has 0 saturated carbocycles. The van der Waals surface area contributed by atoms with Crippen LogP contribution >= 0.6 is 0 Å². The number of allylic oxidation sites excluding steroid dienone is 2. The average molecular weight is 286 g/mol. The summed E-state index contributed by atoms with van der Waals surface area (Å²) < 4.78 is 6.43. The van der Waals surface area contributed by atoms with Gasteiger partial charge in [0.2, 0.25) is 5.71 Å². The van der Waals surface area contributed by atoms with Crippen LogP contribution in [0.2, 0.25) is 0 Å². The molecule has 1 aromatic rings. The van der Waals surface area contributed by atoms with Crippen molar-refractivity contribution in [3.05, 3.63) is 53.6 Å². The van der Waals surface area contributed by atoms with Crippen LogP contribution in [0.25, 0.3) is 5.57 Å². The third-order valence-corrected chi connectivity index (χ3v) is 3.56. The minimum atomic E-state index is -0.552. The Morgan fingerprint density at radius 3 is 2.71 bits per heavy atom. The molecule has 1 N–H and O–H groups in total. The van der Waals surface area contributed by atoms with Crippen LogP contribution in [-0.4, -0.2) is 28.6 Å². The van der Waals surface area contributed by atoms with Crippen LogP contribution in [0.5, 0.6) is 0 Å². The van der Waals surface area contributed by atoms with Crippen LogP contribution in [-0.2, 0) is 14.4 Å². The summed E-state index contributed by atoms with van der Waals surface area (Å²) in [6.45, 7) is 0. The lowest BCUT2D eigenvalue weighted by Crippen LogP contribution is -2.20. The smallest absolute Gasteiger partial charge is 0.431 e. The Morgan fingerprint density at radius 1 is 1.24 bits per heavy atom. The third-order valence-electron chi connectivity index (χ3n) is 3.56. The number of rotatable bonds is 2. The average Bonchev–Trinajstić information content (AvgIpc) is 2.83. The van der Waals surface area contributed by atoms with Crippen molar-refractivity contribution < 1.29 is 24.2 Å². The van der Waals surface area contributed by atoms with Crippen molar-refractivity contribution in [2.45, 2.75) is 19.3 Å². The molecule has 21 heavy (non-hydrogen) atoms. The fourth-order valence-electron chi connectivity index (χ4n) is 2.51. The van der Waals surface area contributed by atoms with E-state index < -0.39 is 5.97 Å². The highest BCUT2D eigenvalue weighted by Gasteiger charge is 2.42. The van der Waals surface area contributed by atoms with E-state index in [1.165, 1.54) is 4.74 Å². The van der Waals surface area contributed by atoms with Gasteiger partial charge in [0.15, 0.2) is 5.57 Å². The van der Waals surface area contributed by atoms with E-state index in [0.29, 0.717) is 12.0 Å². The number of hydrogen-bond donors (Lipinski definition) is 1. The second-order valence-electron chi connectivity index (χ2n) is 4.90. The van der Waals surface area contributed by atoms with E-state index in [-0.39, 0.29) is 11.5 Å². The zero-order valence-corrected chi connectivity index (χ0v) is 11.7. The monoisotopic (exact) mass is 286 g/mol. The van der Waals surface area contributed by atoms with Gasteiger partial charge in [-0.05, 0) is 12.0 Å². The first-order valence-electron chi connectivity index (χ1n) is 6.82. The quantitative estimate of drug-likeness (QED) is 0.670. The Kier molecular flexibility index (Phi) is 3.48. The first-order chi connectivity index (χ1) is 10.2. The van der Waals surface area contributed by atoms with Crippen LogP contribution in [0.3, 0.4) is 0 Å². The zero-order valence-electron chi connectivity index (χ0n) is 11.7. The lowest BCUT2D eigenvalue weighted by Gasteiger charge is -2.10. The number of hydroxylamine groups is 1. The minimum absolute atomic E-state index is 0.171. The largest absolute Gasteiger partial charge is 0.501 e. The molecule has 1 aliphatic carbocycles. The van der Waals surface area contributed by atoms with Gasteiger partial charge in [0.1, 0.15) is 5.76 Å². The highest BCUT2D eigenvalue weighted by Crippen LogP contribution is 2.27. The molecule has 2 aliphatic rings. The maximum absolute atomic E-state index is 12.0. The third kappa shape index (κ3) is 2.42. The number of carbonyl (C=O) groups is 1. The van der Waals surface area contributed by atoms with Crippen LogP contribution in [0.1, 0.15) is 24.8 Å². The van der Waals surface area contributed by atoms with Crippen molar-refractivity contribution >= 4 is 17.3 Å². The van der Waals surface area contributed by atoms with E-state index in [2.05, 4.69) is 0 Å². The molecule has 0 amide bonds. The van der Waals surface area contributed by atoms with Gasteiger partial charge in [0.25, 0.3) is 0 Å². The molecule has 3 rings (SSSR count). The number of carbonyl (C=O) groups excluding carboxylic acids is 1. The summed E-state index contributed by atoms with van der Waals surface area (Å²) in [4.78, 5) is 17.2. The molecule has 0 radical (unpaired) electrons. The molecule has 0 spiro atoms. The molecule has 108 valence electrons. The fourth-order valence-corrected chi connectivity index (χ4v) is 2.51. The Bertz CT molecular complexity index is 671. The van der Waals surface area contributed by atoms with Crippen LogP contribution in [0.4, 0.5) is 0 Å². The van der Waals surface area contributed by atoms with Gasteiger partial charge in [0.05, 0.1) is 11.8 Å². The summed E-state index contributed by atoms with van der Waals surface area (Å²) >= 11 is 0. The number of hydrogen-bond acceptors (Lipinski definition) is 4. The maximum Gasteiger partial charge on any atom is 0.431 e. The number of aliphatic hydroxyl groups excluding tert-OH is 1. The fraction of sp³-hybridized carbons (Fsp3) is 0.250. The van der Waals surface area contributed by atoms with E-state index in [0.717, 1.165) is 24.3 Å². The second-order valence-corrected chi connectivity index (χ2v) is 4.90. The highest BCUT2D eigenvalue weighted by atomic mass is 16.7. The Morgan fingerprint density at radius 2 is 2.00 bits per heavy atom. The molecule has 5 nitrogen and oxygen atoms in total. The Labute approximate surface area is 122 Å². The molecule has 0 aromatic heterocycles. The van der Waals surface area contributed by atoms with Crippen LogP contribution in [0, 0.1) is 0 Å². The van der Waals surface area contributed by atoms with Gasteiger partial charge in [-0.3, -0.25) is 0 Å². The first kappa shape index (κ1) is 13.4.